The third kappa shape index (κ3) is 3.85. The molecule has 0 aromatic heterocycles. The first-order chi connectivity index (χ1) is 8.22. The molecule has 0 unspecified atom stereocenters. The summed E-state index contributed by atoms with van der Waals surface area (Å²) in [5.74, 6) is 6.70. The van der Waals surface area contributed by atoms with Crippen molar-refractivity contribution in [3.63, 3.8) is 0 Å². The minimum absolute atomic E-state index is 0.0856. The van der Waals surface area contributed by atoms with Crippen LogP contribution in [0.3, 0.4) is 0 Å². The molecule has 0 amide bonds. The molecule has 1 aromatic rings. The third-order valence-corrected chi connectivity index (χ3v) is 2.40. The van der Waals surface area contributed by atoms with Crippen LogP contribution >= 0.6 is 11.6 Å². The van der Waals surface area contributed by atoms with Gasteiger partial charge >= 0.3 is 0 Å². The average Bonchev–Trinajstić information content (AvgIpc) is 2.35. The Labute approximate surface area is 106 Å². The normalized spacial score (nSPS) is 9.41. The fraction of sp³-hybridized carbons (Fsp3) is 0.385. The first-order valence-corrected chi connectivity index (χ1v) is 5.60. The molecule has 1 aromatic carbocycles. The van der Waals surface area contributed by atoms with Crippen molar-refractivity contribution < 1.29 is 14.6 Å². The lowest BCUT2D eigenvalue weighted by Gasteiger charge is -2.12. The van der Waals surface area contributed by atoms with Crippen LogP contribution in [0.5, 0.6) is 11.5 Å². The molecule has 0 atom stereocenters. The van der Waals surface area contributed by atoms with Gasteiger partial charge in [-0.05, 0) is 24.6 Å². The highest BCUT2D eigenvalue weighted by molar-refractivity contribution is 6.32. The third-order valence-electron chi connectivity index (χ3n) is 2.12. The van der Waals surface area contributed by atoms with Crippen molar-refractivity contribution >= 4 is 11.6 Å². The molecule has 0 heterocycles. The first kappa shape index (κ1) is 13.7. The summed E-state index contributed by atoms with van der Waals surface area (Å²) < 4.78 is 10.7. The zero-order valence-corrected chi connectivity index (χ0v) is 10.7. The summed E-state index contributed by atoms with van der Waals surface area (Å²) in [5, 5.41) is 9.47. The fourth-order valence-corrected chi connectivity index (χ4v) is 1.62. The van der Waals surface area contributed by atoms with Crippen LogP contribution in [0.15, 0.2) is 12.1 Å². The molecule has 17 heavy (non-hydrogen) atoms. The van der Waals surface area contributed by atoms with Gasteiger partial charge in [0.2, 0.25) is 0 Å². The number of benzene rings is 1. The Bertz CT molecular complexity index is 432. The molecule has 0 aliphatic heterocycles. The summed E-state index contributed by atoms with van der Waals surface area (Å²) >= 11 is 6.05. The van der Waals surface area contributed by atoms with E-state index in [2.05, 4.69) is 11.8 Å². The van der Waals surface area contributed by atoms with E-state index < -0.39 is 0 Å². The summed E-state index contributed by atoms with van der Waals surface area (Å²) in [6.07, 6.45) is 0.637. The van der Waals surface area contributed by atoms with Gasteiger partial charge < -0.3 is 14.6 Å². The van der Waals surface area contributed by atoms with Crippen molar-refractivity contribution in [1.29, 1.82) is 0 Å². The molecule has 0 spiro atoms. The van der Waals surface area contributed by atoms with E-state index in [9.17, 15) is 0 Å². The van der Waals surface area contributed by atoms with Crippen molar-refractivity contribution in [2.45, 2.75) is 20.0 Å². The lowest BCUT2D eigenvalue weighted by Crippen LogP contribution is -2.00. The molecule has 1 rings (SSSR count). The maximum Gasteiger partial charge on any atom is 0.179 e. The van der Waals surface area contributed by atoms with Crippen molar-refractivity contribution in [2.24, 2.45) is 0 Å². The largest absolute Gasteiger partial charge is 0.493 e. The maximum absolute atomic E-state index is 9.05. The summed E-state index contributed by atoms with van der Waals surface area (Å²) in [7, 11) is 1.53. The Morgan fingerprint density at radius 1 is 1.41 bits per heavy atom. The Morgan fingerprint density at radius 3 is 2.76 bits per heavy atom. The van der Waals surface area contributed by atoms with Gasteiger partial charge in [-0.2, -0.15) is 0 Å². The van der Waals surface area contributed by atoms with Gasteiger partial charge in [-0.1, -0.05) is 11.6 Å². The highest BCUT2D eigenvalue weighted by atomic mass is 35.5. The van der Waals surface area contributed by atoms with Gasteiger partial charge in [0.25, 0.3) is 0 Å². The molecule has 0 aliphatic rings. The molecule has 0 saturated carbocycles. The van der Waals surface area contributed by atoms with Gasteiger partial charge in [0.1, 0.15) is 0 Å². The maximum atomic E-state index is 9.05. The number of methoxy groups -OCH3 is 1. The predicted octanol–water partition coefficient (Wildman–Crippen LogP) is 2.63. The van der Waals surface area contributed by atoms with E-state index >= 15 is 0 Å². The Morgan fingerprint density at radius 2 is 2.18 bits per heavy atom. The molecular weight excluding hydrogens is 240 g/mol. The molecule has 0 bridgehead atoms. The van der Waals surface area contributed by atoms with Crippen molar-refractivity contribution in [1.82, 2.24) is 0 Å². The van der Waals surface area contributed by atoms with Crippen LogP contribution in [0.1, 0.15) is 18.9 Å². The molecule has 0 radical (unpaired) electrons. The molecule has 4 heteroatoms. The van der Waals surface area contributed by atoms with Gasteiger partial charge in [-0.3, -0.25) is 0 Å². The highest BCUT2D eigenvalue weighted by Gasteiger charge is 2.11. The standard InChI is InChI=1S/C13H15ClO3/c1-3-4-5-6-17-13-11(14)7-10(9-15)8-12(13)16-2/h7-8,15H,5-6,9H2,1-2H3. The zero-order valence-electron chi connectivity index (χ0n) is 9.92. The fourth-order valence-electron chi connectivity index (χ4n) is 1.33. The Hall–Kier alpha value is -1.37. The van der Waals surface area contributed by atoms with E-state index in [0.29, 0.717) is 35.1 Å². The number of halogens is 1. The van der Waals surface area contributed by atoms with Crippen LogP contribution in [0, 0.1) is 11.8 Å². The highest BCUT2D eigenvalue weighted by Crippen LogP contribution is 2.36. The Kier molecular flexibility index (Phi) is 5.68. The molecule has 1 N–H and O–H groups in total. The minimum atomic E-state index is -0.0856. The quantitative estimate of drug-likeness (QED) is 0.649. The van der Waals surface area contributed by atoms with Gasteiger partial charge in [-0.15, -0.1) is 11.8 Å². The number of aliphatic hydroxyl groups is 1. The number of ether oxygens (including phenoxy) is 2. The first-order valence-electron chi connectivity index (χ1n) is 5.22. The van der Waals surface area contributed by atoms with Crippen LogP contribution in [0.2, 0.25) is 5.02 Å². The average molecular weight is 255 g/mol. The van der Waals surface area contributed by atoms with Gasteiger partial charge in [0.15, 0.2) is 11.5 Å². The molecule has 3 nitrogen and oxygen atoms in total. The second-order valence-electron chi connectivity index (χ2n) is 3.29. The molecule has 92 valence electrons. The topological polar surface area (TPSA) is 38.7 Å². The van der Waals surface area contributed by atoms with Gasteiger partial charge in [-0.25, -0.2) is 0 Å². The van der Waals surface area contributed by atoms with Gasteiger partial charge in [0.05, 0.1) is 25.3 Å². The minimum Gasteiger partial charge on any atom is -0.493 e. The molecule has 0 aliphatic carbocycles. The number of aliphatic hydroxyl groups excluding tert-OH is 1. The van der Waals surface area contributed by atoms with Crippen molar-refractivity contribution in [3.05, 3.63) is 22.7 Å². The van der Waals surface area contributed by atoms with E-state index in [4.69, 9.17) is 26.2 Å². The molecular formula is C13H15ClO3. The molecule has 0 fully saturated rings. The van der Waals surface area contributed by atoms with E-state index in [1.807, 2.05) is 0 Å². The van der Waals surface area contributed by atoms with Crippen LogP contribution in [0.4, 0.5) is 0 Å². The van der Waals surface area contributed by atoms with E-state index in [-0.39, 0.29) is 6.61 Å². The monoisotopic (exact) mass is 254 g/mol. The second-order valence-corrected chi connectivity index (χ2v) is 3.70. The number of rotatable bonds is 5. The summed E-state index contributed by atoms with van der Waals surface area (Å²) in [5.41, 5.74) is 0.688. The molecule has 0 saturated heterocycles. The Balaban J connectivity index is 2.84. The SMILES string of the molecule is CC#CCCOc1c(Cl)cc(CO)cc1OC. The van der Waals surface area contributed by atoms with Crippen molar-refractivity contribution in [3.8, 4) is 23.3 Å². The number of hydrogen-bond donors (Lipinski definition) is 1. The lowest BCUT2D eigenvalue weighted by molar-refractivity contribution is 0.278. The summed E-state index contributed by atoms with van der Waals surface area (Å²) in [4.78, 5) is 0. The summed E-state index contributed by atoms with van der Waals surface area (Å²) in [6.45, 7) is 2.15. The van der Waals surface area contributed by atoms with E-state index in [0.717, 1.165) is 0 Å². The summed E-state index contributed by atoms with van der Waals surface area (Å²) in [6, 6.07) is 3.36. The lowest BCUT2D eigenvalue weighted by atomic mass is 10.2. The van der Waals surface area contributed by atoms with Crippen LogP contribution < -0.4 is 9.47 Å². The van der Waals surface area contributed by atoms with E-state index in [1.54, 1.807) is 19.1 Å². The smallest absolute Gasteiger partial charge is 0.179 e. The second kappa shape index (κ2) is 7.05. The van der Waals surface area contributed by atoms with Gasteiger partial charge in [0, 0.05) is 6.42 Å². The number of hydrogen-bond acceptors (Lipinski definition) is 3. The van der Waals surface area contributed by atoms with Crippen LogP contribution in [-0.2, 0) is 6.61 Å². The zero-order chi connectivity index (χ0) is 12.7. The van der Waals surface area contributed by atoms with Crippen molar-refractivity contribution in [2.75, 3.05) is 13.7 Å². The van der Waals surface area contributed by atoms with Crippen LogP contribution in [0.25, 0.3) is 0 Å². The predicted molar refractivity (Wildman–Crippen MR) is 67.5 cm³/mol. The van der Waals surface area contributed by atoms with Crippen LogP contribution in [-0.4, -0.2) is 18.8 Å². The van der Waals surface area contributed by atoms with E-state index in [1.165, 1.54) is 7.11 Å².